The molecule has 2 rings (SSSR count). The predicted octanol–water partition coefficient (Wildman–Crippen LogP) is 0.384. The van der Waals surface area contributed by atoms with Crippen molar-refractivity contribution in [1.82, 2.24) is 10.2 Å². The summed E-state index contributed by atoms with van der Waals surface area (Å²) < 4.78 is 0. The van der Waals surface area contributed by atoms with Crippen LogP contribution in [0.15, 0.2) is 30.3 Å². The lowest BCUT2D eigenvalue weighted by atomic mass is 9.83. The summed E-state index contributed by atoms with van der Waals surface area (Å²) in [5.74, 6) is -1.45. The van der Waals surface area contributed by atoms with Crippen LogP contribution in [0.25, 0.3) is 0 Å². The van der Waals surface area contributed by atoms with Crippen LogP contribution in [0.5, 0.6) is 0 Å². The molecular weight excluding hydrogens is 305 g/mol. The number of amides is 1. The Kier molecular flexibility index (Phi) is 6.40. The van der Waals surface area contributed by atoms with Crippen molar-refractivity contribution in [3.8, 4) is 0 Å². The first-order valence-electron chi connectivity index (χ1n) is 8.22. The molecule has 1 fully saturated rings. The highest BCUT2D eigenvalue weighted by Gasteiger charge is 2.50. The van der Waals surface area contributed by atoms with Gasteiger partial charge in [0, 0.05) is 25.6 Å². The van der Waals surface area contributed by atoms with Gasteiger partial charge >= 0.3 is 5.97 Å². The van der Waals surface area contributed by atoms with E-state index < -0.39 is 11.5 Å². The van der Waals surface area contributed by atoms with E-state index in [1.807, 2.05) is 30.3 Å². The molecule has 0 spiro atoms. The Morgan fingerprint density at radius 1 is 1.38 bits per heavy atom. The molecule has 0 bridgehead atoms. The molecule has 2 radical (unpaired) electrons. The largest absolute Gasteiger partial charge is 0.480 e. The second-order valence-electron chi connectivity index (χ2n) is 6.34. The maximum absolute atomic E-state index is 12.4. The summed E-state index contributed by atoms with van der Waals surface area (Å²) in [6.45, 7) is 1.16. The monoisotopic (exact) mass is 329 g/mol. The van der Waals surface area contributed by atoms with E-state index in [2.05, 4.69) is 5.32 Å². The van der Waals surface area contributed by atoms with Crippen molar-refractivity contribution in [3.63, 3.8) is 0 Å². The minimum absolute atomic E-state index is 0.0451. The van der Waals surface area contributed by atoms with Gasteiger partial charge in [0.1, 0.15) is 5.54 Å². The number of carbonyl (C=O) groups excluding carboxylic acids is 1. The number of benzene rings is 1. The van der Waals surface area contributed by atoms with Crippen molar-refractivity contribution < 1.29 is 14.7 Å². The number of nitrogens with zero attached hydrogens (tertiary/aromatic N) is 1. The van der Waals surface area contributed by atoms with E-state index in [0.717, 1.165) is 5.56 Å². The van der Waals surface area contributed by atoms with Crippen LogP contribution in [-0.4, -0.2) is 54.9 Å². The van der Waals surface area contributed by atoms with Gasteiger partial charge in [-0.05, 0) is 12.0 Å². The minimum Gasteiger partial charge on any atom is -0.480 e. The summed E-state index contributed by atoms with van der Waals surface area (Å²) in [6.07, 6.45) is 1.80. The number of carbonyl (C=O) groups is 2. The average molecular weight is 329 g/mol. The summed E-state index contributed by atoms with van der Waals surface area (Å²) in [5.41, 5.74) is 5.78. The van der Waals surface area contributed by atoms with Crippen molar-refractivity contribution in [2.75, 3.05) is 19.6 Å². The molecule has 0 aliphatic carbocycles. The van der Waals surface area contributed by atoms with Gasteiger partial charge in [-0.25, -0.2) is 0 Å². The number of nitrogens with one attached hydrogen (secondary N) is 1. The normalized spacial score (nSPS) is 23.4. The maximum Gasteiger partial charge on any atom is 0.325 e. The summed E-state index contributed by atoms with van der Waals surface area (Å²) in [4.78, 5) is 25.5. The van der Waals surface area contributed by atoms with E-state index in [1.54, 1.807) is 4.90 Å². The zero-order valence-corrected chi connectivity index (χ0v) is 13.8. The average Bonchev–Trinajstić information content (AvgIpc) is 2.92. The Labute approximate surface area is 143 Å². The summed E-state index contributed by atoms with van der Waals surface area (Å²) in [6, 6.07) is 9.78. The Morgan fingerprint density at radius 2 is 2.08 bits per heavy atom. The van der Waals surface area contributed by atoms with Gasteiger partial charge in [-0.3, -0.25) is 9.59 Å². The third-order valence-corrected chi connectivity index (χ3v) is 4.58. The number of carboxylic acids is 1. The quantitative estimate of drug-likeness (QED) is 0.600. The van der Waals surface area contributed by atoms with Gasteiger partial charge in [0.05, 0.1) is 14.4 Å². The molecule has 0 saturated carbocycles. The van der Waals surface area contributed by atoms with Gasteiger partial charge in [-0.15, -0.1) is 0 Å². The minimum atomic E-state index is -1.38. The predicted molar refractivity (Wildman–Crippen MR) is 92.6 cm³/mol. The number of carboxylic acid groups (broad SMARTS) is 1. The number of hydrogen-bond donors (Lipinski definition) is 3. The first-order valence-corrected chi connectivity index (χ1v) is 8.22. The van der Waals surface area contributed by atoms with Crippen molar-refractivity contribution in [2.45, 2.75) is 31.2 Å². The molecule has 4 N–H and O–H groups in total. The van der Waals surface area contributed by atoms with Crippen LogP contribution in [0, 0.1) is 5.92 Å². The van der Waals surface area contributed by atoms with Gasteiger partial charge in [0.15, 0.2) is 0 Å². The fourth-order valence-corrected chi connectivity index (χ4v) is 3.11. The van der Waals surface area contributed by atoms with Gasteiger partial charge in [0.2, 0.25) is 5.91 Å². The third-order valence-electron chi connectivity index (χ3n) is 4.58. The molecule has 24 heavy (non-hydrogen) atoms. The number of rotatable bonds is 8. The van der Waals surface area contributed by atoms with E-state index in [-0.39, 0.29) is 24.9 Å². The van der Waals surface area contributed by atoms with E-state index in [9.17, 15) is 14.7 Å². The highest BCUT2D eigenvalue weighted by molar-refractivity contribution is 6.08. The van der Waals surface area contributed by atoms with Crippen LogP contribution in [0.1, 0.15) is 18.4 Å². The second kappa shape index (κ2) is 8.30. The number of aliphatic carboxylic acids is 1. The lowest BCUT2D eigenvalue weighted by Crippen LogP contribution is -2.55. The number of hydrogen-bond acceptors (Lipinski definition) is 4. The molecule has 1 aromatic carbocycles. The molecule has 7 heteroatoms. The van der Waals surface area contributed by atoms with Crippen LogP contribution < -0.4 is 11.1 Å². The van der Waals surface area contributed by atoms with Gasteiger partial charge in [-0.2, -0.15) is 0 Å². The van der Waals surface area contributed by atoms with E-state index in [4.69, 9.17) is 13.6 Å². The lowest BCUT2D eigenvalue weighted by molar-refractivity contribution is -0.144. The highest BCUT2D eigenvalue weighted by Crippen LogP contribution is 2.30. The smallest absolute Gasteiger partial charge is 0.325 e. The molecule has 1 aliphatic heterocycles. The Bertz CT molecular complexity index is 569. The molecule has 1 amide bonds. The highest BCUT2D eigenvalue weighted by atomic mass is 16.4. The molecule has 128 valence electrons. The fourth-order valence-electron chi connectivity index (χ4n) is 3.11. The number of nitrogens with two attached hydrogens (primary N) is 1. The molecule has 1 heterocycles. The van der Waals surface area contributed by atoms with Crippen LogP contribution in [0.3, 0.4) is 0 Å². The zero-order valence-electron chi connectivity index (χ0n) is 13.8. The second-order valence-corrected chi connectivity index (χ2v) is 6.34. The number of likely N-dealkylation sites (tertiary alicyclic amines) is 1. The topological polar surface area (TPSA) is 95.7 Å². The molecule has 1 aliphatic rings. The van der Waals surface area contributed by atoms with Gasteiger partial charge in [0.25, 0.3) is 0 Å². The molecule has 1 aromatic rings. The van der Waals surface area contributed by atoms with Crippen molar-refractivity contribution in [1.29, 1.82) is 0 Å². The molecule has 0 aromatic heterocycles. The third kappa shape index (κ3) is 4.36. The van der Waals surface area contributed by atoms with Crippen LogP contribution in [0.2, 0.25) is 6.32 Å². The van der Waals surface area contributed by atoms with Crippen LogP contribution >= 0.6 is 0 Å². The molecule has 2 atom stereocenters. The Balaban J connectivity index is 1.89. The lowest BCUT2D eigenvalue weighted by Gasteiger charge is -2.25. The molecule has 6 nitrogen and oxygen atoms in total. The first kappa shape index (κ1) is 18.5. The maximum atomic E-state index is 12.4. The van der Waals surface area contributed by atoms with Gasteiger partial charge < -0.3 is 21.1 Å². The van der Waals surface area contributed by atoms with Crippen LogP contribution in [-0.2, 0) is 16.1 Å². The Hall–Kier alpha value is -1.86. The van der Waals surface area contributed by atoms with Crippen molar-refractivity contribution in [2.24, 2.45) is 11.7 Å². The van der Waals surface area contributed by atoms with E-state index in [1.165, 1.54) is 0 Å². The molecule has 1 saturated heterocycles. The van der Waals surface area contributed by atoms with Crippen molar-refractivity contribution >= 4 is 19.7 Å². The summed E-state index contributed by atoms with van der Waals surface area (Å²) in [5, 5.41) is 12.6. The SMILES string of the molecule is [B]CCC[C@H]1CN(C(=O)CNCc2ccccc2)C[C@@]1(N)C(=O)O. The molecular formula is C17H24BN3O3. The fraction of sp³-hybridized carbons (Fsp3) is 0.529. The zero-order chi connectivity index (χ0) is 17.6. The van der Waals surface area contributed by atoms with Gasteiger partial charge in [-0.1, -0.05) is 43.1 Å². The first-order chi connectivity index (χ1) is 11.5. The molecule has 0 unspecified atom stereocenters. The summed E-state index contributed by atoms with van der Waals surface area (Å²) in [7, 11) is 5.51. The summed E-state index contributed by atoms with van der Waals surface area (Å²) >= 11 is 0. The van der Waals surface area contributed by atoms with Crippen molar-refractivity contribution in [3.05, 3.63) is 35.9 Å². The van der Waals surface area contributed by atoms with E-state index >= 15 is 0 Å². The standard InChI is InChI=1S/C17H24BN3O3/c18-8-4-7-14-11-21(12-17(14,19)16(23)24)15(22)10-20-9-13-5-2-1-3-6-13/h1-3,5-6,14,20H,4,7-12,19H2,(H,23,24)/t14-,17-/m0/s1. The van der Waals surface area contributed by atoms with Crippen LogP contribution in [0.4, 0.5) is 0 Å². The Morgan fingerprint density at radius 3 is 2.71 bits per heavy atom. The van der Waals surface area contributed by atoms with E-state index in [0.29, 0.717) is 32.3 Å².